The summed E-state index contributed by atoms with van der Waals surface area (Å²) in [5.74, 6) is 0. The Hall–Kier alpha value is -1.46. The van der Waals surface area contributed by atoms with Crippen LogP contribution < -0.4 is 5.32 Å². The molecular formula is C13H18ClN5. The lowest BCUT2D eigenvalue weighted by Gasteiger charge is -2.15. The molecule has 0 saturated heterocycles. The highest BCUT2D eigenvalue weighted by molar-refractivity contribution is 6.31. The lowest BCUT2D eigenvalue weighted by atomic mass is 10.1. The number of aromatic nitrogens is 4. The fourth-order valence-corrected chi connectivity index (χ4v) is 2.27. The Balaban J connectivity index is 2.26. The smallest absolute Gasteiger partial charge is 0.0847 e. The second kappa shape index (κ2) is 5.67. The molecule has 6 heteroatoms. The molecule has 1 unspecified atom stereocenters. The second-order valence-corrected chi connectivity index (χ2v) is 4.98. The average molecular weight is 280 g/mol. The molecular weight excluding hydrogens is 262 g/mol. The molecule has 2 rings (SSSR count). The molecule has 2 heterocycles. The molecule has 0 bridgehead atoms. The number of hydrogen-bond acceptors (Lipinski definition) is 4. The highest BCUT2D eigenvalue weighted by Gasteiger charge is 2.18. The first kappa shape index (κ1) is 14.0. The summed E-state index contributed by atoms with van der Waals surface area (Å²) in [6.45, 7) is 3.83. The topological polar surface area (TPSA) is 55.6 Å². The zero-order chi connectivity index (χ0) is 14.0. The standard InChI is InChI=1S/C13H18ClN5/c1-8-6-17-11(7-16-8)10(15-3)5-12-13(14)9(2)18-19(12)4/h6-7,10,15H,5H2,1-4H3. The minimum Gasteiger partial charge on any atom is -0.311 e. The van der Waals surface area contributed by atoms with Crippen molar-refractivity contribution >= 4 is 11.6 Å². The summed E-state index contributed by atoms with van der Waals surface area (Å²) < 4.78 is 1.82. The Bertz CT molecular complexity index is 561. The predicted molar refractivity (Wildman–Crippen MR) is 75.2 cm³/mol. The van der Waals surface area contributed by atoms with E-state index in [9.17, 15) is 0 Å². The first-order valence-electron chi connectivity index (χ1n) is 6.16. The van der Waals surface area contributed by atoms with Gasteiger partial charge in [0.15, 0.2) is 0 Å². The van der Waals surface area contributed by atoms with Crippen molar-refractivity contribution in [3.8, 4) is 0 Å². The average Bonchev–Trinajstić information content (AvgIpc) is 2.63. The van der Waals surface area contributed by atoms with Gasteiger partial charge in [0.1, 0.15) is 0 Å². The van der Waals surface area contributed by atoms with Crippen molar-refractivity contribution in [2.24, 2.45) is 7.05 Å². The van der Waals surface area contributed by atoms with Crippen LogP contribution in [0.2, 0.25) is 5.02 Å². The van der Waals surface area contributed by atoms with Crippen LogP contribution in [0.25, 0.3) is 0 Å². The molecule has 0 aliphatic heterocycles. The van der Waals surface area contributed by atoms with Gasteiger partial charge in [-0.15, -0.1) is 0 Å². The molecule has 2 aromatic rings. The van der Waals surface area contributed by atoms with Crippen molar-refractivity contribution in [3.05, 3.63) is 40.2 Å². The molecule has 0 saturated carbocycles. The number of halogens is 1. The van der Waals surface area contributed by atoms with Gasteiger partial charge in [-0.1, -0.05) is 11.6 Å². The van der Waals surface area contributed by atoms with E-state index >= 15 is 0 Å². The summed E-state index contributed by atoms with van der Waals surface area (Å²) in [5.41, 5.74) is 3.67. The molecule has 1 atom stereocenters. The van der Waals surface area contributed by atoms with E-state index in [1.54, 1.807) is 12.4 Å². The van der Waals surface area contributed by atoms with Crippen molar-refractivity contribution in [2.45, 2.75) is 26.3 Å². The van der Waals surface area contributed by atoms with E-state index in [-0.39, 0.29) is 6.04 Å². The van der Waals surface area contributed by atoms with Crippen LogP contribution in [-0.4, -0.2) is 26.8 Å². The molecule has 0 aromatic carbocycles. The monoisotopic (exact) mass is 279 g/mol. The molecule has 19 heavy (non-hydrogen) atoms. The van der Waals surface area contributed by atoms with E-state index in [4.69, 9.17) is 11.6 Å². The van der Waals surface area contributed by atoms with Gasteiger partial charge >= 0.3 is 0 Å². The number of likely N-dealkylation sites (N-methyl/N-ethyl adjacent to an activating group) is 1. The minimum atomic E-state index is 0.0698. The van der Waals surface area contributed by atoms with E-state index in [1.165, 1.54) is 0 Å². The Labute approximate surface area is 118 Å². The van der Waals surface area contributed by atoms with Gasteiger partial charge in [0.05, 0.1) is 40.0 Å². The lowest BCUT2D eigenvalue weighted by Crippen LogP contribution is -2.21. The zero-order valence-electron chi connectivity index (χ0n) is 11.6. The number of rotatable bonds is 4. The minimum absolute atomic E-state index is 0.0698. The van der Waals surface area contributed by atoms with Crippen molar-refractivity contribution in [1.29, 1.82) is 0 Å². The first-order valence-corrected chi connectivity index (χ1v) is 6.54. The molecule has 0 spiro atoms. The van der Waals surface area contributed by atoms with Crippen LogP contribution in [0.5, 0.6) is 0 Å². The normalized spacial score (nSPS) is 12.7. The van der Waals surface area contributed by atoms with E-state index in [2.05, 4.69) is 20.4 Å². The SMILES string of the molecule is CNC(Cc1c(Cl)c(C)nn1C)c1cnc(C)cn1. The van der Waals surface area contributed by atoms with Crippen molar-refractivity contribution in [1.82, 2.24) is 25.1 Å². The molecule has 0 aliphatic rings. The second-order valence-electron chi connectivity index (χ2n) is 4.60. The van der Waals surface area contributed by atoms with Gasteiger partial charge in [-0.2, -0.15) is 5.10 Å². The summed E-state index contributed by atoms with van der Waals surface area (Å²) >= 11 is 6.28. The number of nitrogens with zero attached hydrogens (tertiary/aromatic N) is 4. The maximum Gasteiger partial charge on any atom is 0.0847 e. The van der Waals surface area contributed by atoms with Gasteiger partial charge in [-0.25, -0.2) is 0 Å². The summed E-state index contributed by atoms with van der Waals surface area (Å²) in [6.07, 6.45) is 4.30. The third kappa shape index (κ3) is 2.93. The third-order valence-corrected chi connectivity index (χ3v) is 3.66. The Morgan fingerprint density at radius 1 is 1.32 bits per heavy atom. The fraction of sp³-hybridized carbons (Fsp3) is 0.462. The van der Waals surface area contributed by atoms with E-state index in [0.717, 1.165) is 34.2 Å². The number of aryl methyl sites for hydroxylation is 3. The van der Waals surface area contributed by atoms with Crippen LogP contribution >= 0.6 is 11.6 Å². The summed E-state index contributed by atoms with van der Waals surface area (Å²) in [6, 6.07) is 0.0698. The van der Waals surface area contributed by atoms with E-state index in [1.807, 2.05) is 32.6 Å². The molecule has 102 valence electrons. The Kier molecular flexibility index (Phi) is 4.17. The summed E-state index contributed by atoms with van der Waals surface area (Å²) in [4.78, 5) is 8.70. The van der Waals surface area contributed by atoms with Crippen LogP contribution in [0.3, 0.4) is 0 Å². The maximum absolute atomic E-state index is 6.28. The molecule has 1 N–H and O–H groups in total. The first-order chi connectivity index (χ1) is 9.02. The fourth-order valence-electron chi connectivity index (χ4n) is 2.03. The van der Waals surface area contributed by atoms with Crippen LogP contribution in [0.1, 0.15) is 28.8 Å². The Morgan fingerprint density at radius 2 is 2.05 bits per heavy atom. The van der Waals surface area contributed by atoms with Gasteiger partial charge in [0.25, 0.3) is 0 Å². The third-order valence-electron chi connectivity index (χ3n) is 3.17. The molecule has 0 fully saturated rings. The van der Waals surface area contributed by atoms with E-state index < -0.39 is 0 Å². The van der Waals surface area contributed by atoms with Crippen LogP contribution in [0, 0.1) is 13.8 Å². The van der Waals surface area contributed by atoms with Gasteiger partial charge in [0.2, 0.25) is 0 Å². The summed E-state index contributed by atoms with van der Waals surface area (Å²) in [5, 5.41) is 8.30. The predicted octanol–water partition coefficient (Wildman–Crippen LogP) is 1.98. The molecule has 0 aliphatic carbocycles. The largest absolute Gasteiger partial charge is 0.311 e. The Morgan fingerprint density at radius 3 is 2.53 bits per heavy atom. The highest BCUT2D eigenvalue weighted by Crippen LogP contribution is 2.24. The van der Waals surface area contributed by atoms with Gasteiger partial charge in [-0.3, -0.25) is 14.6 Å². The lowest BCUT2D eigenvalue weighted by molar-refractivity contribution is 0.546. The van der Waals surface area contributed by atoms with Crippen molar-refractivity contribution in [3.63, 3.8) is 0 Å². The van der Waals surface area contributed by atoms with Crippen LogP contribution in [-0.2, 0) is 13.5 Å². The summed E-state index contributed by atoms with van der Waals surface area (Å²) in [7, 11) is 3.81. The number of hydrogen-bond donors (Lipinski definition) is 1. The van der Waals surface area contributed by atoms with Crippen LogP contribution in [0.4, 0.5) is 0 Å². The quantitative estimate of drug-likeness (QED) is 0.930. The highest BCUT2D eigenvalue weighted by atomic mass is 35.5. The van der Waals surface area contributed by atoms with Gasteiger partial charge in [-0.05, 0) is 20.9 Å². The maximum atomic E-state index is 6.28. The van der Waals surface area contributed by atoms with Crippen molar-refractivity contribution in [2.75, 3.05) is 7.05 Å². The molecule has 2 aromatic heterocycles. The molecule has 0 radical (unpaired) electrons. The van der Waals surface area contributed by atoms with Gasteiger partial charge < -0.3 is 5.32 Å². The van der Waals surface area contributed by atoms with Crippen molar-refractivity contribution < 1.29 is 0 Å². The van der Waals surface area contributed by atoms with Crippen LogP contribution in [0.15, 0.2) is 12.4 Å². The van der Waals surface area contributed by atoms with E-state index in [0.29, 0.717) is 0 Å². The zero-order valence-corrected chi connectivity index (χ0v) is 12.4. The number of nitrogens with one attached hydrogen (secondary N) is 1. The molecule has 5 nitrogen and oxygen atoms in total. The molecule has 0 amide bonds. The van der Waals surface area contributed by atoms with Gasteiger partial charge in [0, 0.05) is 19.7 Å².